The van der Waals surface area contributed by atoms with Gasteiger partial charge in [-0.2, -0.15) is 13.2 Å². The van der Waals surface area contributed by atoms with Crippen LogP contribution in [0.3, 0.4) is 0 Å². The van der Waals surface area contributed by atoms with E-state index >= 15 is 0 Å². The molecule has 3 rings (SSSR count). The van der Waals surface area contributed by atoms with Crippen molar-refractivity contribution in [2.24, 2.45) is 5.16 Å². The molecule has 0 atom stereocenters. The molecule has 0 amide bonds. The Kier molecular flexibility index (Phi) is 4.44. The van der Waals surface area contributed by atoms with Crippen LogP contribution in [-0.2, 0) is 6.18 Å². The molecular weight excluding hydrogens is 345 g/mol. The van der Waals surface area contributed by atoms with Crippen molar-refractivity contribution in [1.29, 1.82) is 0 Å². The minimum Gasteiger partial charge on any atom is -0.336 e. The van der Waals surface area contributed by atoms with Crippen LogP contribution in [0.1, 0.15) is 15.3 Å². The summed E-state index contributed by atoms with van der Waals surface area (Å²) in [5.41, 5.74) is -0.263. The molecule has 118 valence electrons. The molecule has 0 bridgehead atoms. The van der Waals surface area contributed by atoms with Crippen LogP contribution in [-0.4, -0.2) is 10.7 Å². The molecule has 0 aliphatic carbocycles. The third kappa shape index (κ3) is 3.77. The van der Waals surface area contributed by atoms with Crippen molar-refractivity contribution in [3.63, 3.8) is 0 Å². The topological polar surface area (TPSA) is 34.5 Å². The van der Waals surface area contributed by atoms with E-state index in [0.29, 0.717) is 5.71 Å². The smallest absolute Gasteiger partial charge is 0.336 e. The van der Waals surface area contributed by atoms with Gasteiger partial charge in [0.2, 0.25) is 5.88 Å². The maximum Gasteiger partial charge on any atom is 0.416 e. The molecule has 3 nitrogen and oxygen atoms in total. The number of pyridine rings is 1. The Bertz CT molecular complexity index is 760. The van der Waals surface area contributed by atoms with E-state index in [1.807, 2.05) is 35.0 Å². The van der Waals surface area contributed by atoms with Gasteiger partial charge >= 0.3 is 6.18 Å². The first-order valence-corrected chi connectivity index (χ1v) is 8.16. The van der Waals surface area contributed by atoms with Gasteiger partial charge in [0.25, 0.3) is 0 Å². The van der Waals surface area contributed by atoms with Crippen LogP contribution >= 0.6 is 22.7 Å². The van der Waals surface area contributed by atoms with Crippen LogP contribution in [0, 0.1) is 0 Å². The molecule has 0 aliphatic heterocycles. The van der Waals surface area contributed by atoms with Crippen LogP contribution in [0.5, 0.6) is 5.88 Å². The number of aromatic nitrogens is 1. The average molecular weight is 354 g/mol. The van der Waals surface area contributed by atoms with Gasteiger partial charge in [0.15, 0.2) is 0 Å². The van der Waals surface area contributed by atoms with Crippen molar-refractivity contribution >= 4 is 28.4 Å². The Hall–Kier alpha value is -2.19. The zero-order valence-corrected chi connectivity index (χ0v) is 13.1. The maximum absolute atomic E-state index is 12.7. The normalized spacial score (nSPS) is 11.3. The van der Waals surface area contributed by atoms with Gasteiger partial charge < -0.3 is 4.84 Å². The molecule has 0 unspecified atom stereocenters. The number of hydrogen-bond acceptors (Lipinski definition) is 5. The van der Waals surface area contributed by atoms with Gasteiger partial charge in [0, 0.05) is 12.3 Å². The van der Waals surface area contributed by atoms with Crippen LogP contribution in [0.2, 0.25) is 0 Å². The minimum atomic E-state index is -4.45. The van der Waals surface area contributed by atoms with E-state index < -0.39 is 11.7 Å². The largest absolute Gasteiger partial charge is 0.416 e. The first kappa shape index (κ1) is 15.7. The van der Waals surface area contributed by atoms with Crippen LogP contribution in [0.25, 0.3) is 0 Å². The summed E-state index contributed by atoms with van der Waals surface area (Å²) in [6.07, 6.45) is -3.40. The monoisotopic (exact) mass is 354 g/mol. The highest BCUT2D eigenvalue weighted by Gasteiger charge is 2.31. The molecule has 23 heavy (non-hydrogen) atoms. The van der Waals surface area contributed by atoms with Crippen LogP contribution in [0.4, 0.5) is 13.2 Å². The second-order valence-electron chi connectivity index (χ2n) is 4.37. The summed E-state index contributed by atoms with van der Waals surface area (Å²) < 4.78 is 38.1. The van der Waals surface area contributed by atoms with E-state index in [1.165, 1.54) is 22.7 Å². The molecule has 0 radical (unpaired) electrons. The van der Waals surface area contributed by atoms with Crippen LogP contribution < -0.4 is 4.84 Å². The second-order valence-corrected chi connectivity index (χ2v) is 6.26. The highest BCUT2D eigenvalue weighted by atomic mass is 32.1. The van der Waals surface area contributed by atoms with Gasteiger partial charge in [0.1, 0.15) is 5.71 Å². The van der Waals surface area contributed by atoms with Crippen molar-refractivity contribution in [3.05, 3.63) is 68.7 Å². The van der Waals surface area contributed by atoms with E-state index in [2.05, 4.69) is 10.1 Å². The number of nitrogens with zero attached hydrogens (tertiary/aromatic N) is 2. The van der Waals surface area contributed by atoms with Crippen molar-refractivity contribution in [2.45, 2.75) is 6.18 Å². The number of rotatable bonds is 4. The summed E-state index contributed by atoms with van der Waals surface area (Å²) in [5.74, 6) is -0.203. The van der Waals surface area contributed by atoms with Crippen molar-refractivity contribution in [3.8, 4) is 5.88 Å². The SMILES string of the molecule is FC(F)(F)c1ccnc(ON=C(c2cccs2)c2cccs2)c1. The fraction of sp³-hybridized carbons (Fsp3) is 0.0667. The highest BCUT2D eigenvalue weighted by molar-refractivity contribution is 7.15. The minimum absolute atomic E-state index is 0.203. The van der Waals surface area contributed by atoms with Gasteiger partial charge in [-0.05, 0) is 29.0 Å². The average Bonchev–Trinajstić information content (AvgIpc) is 3.21. The molecule has 0 aliphatic rings. The van der Waals surface area contributed by atoms with E-state index in [0.717, 1.165) is 28.1 Å². The summed E-state index contributed by atoms with van der Waals surface area (Å²) in [7, 11) is 0. The molecule has 0 saturated carbocycles. The lowest BCUT2D eigenvalue weighted by Gasteiger charge is -2.07. The number of halogens is 3. The Labute approximate surface area is 137 Å². The first-order chi connectivity index (χ1) is 11.0. The fourth-order valence-corrected chi connectivity index (χ4v) is 3.27. The molecule has 8 heteroatoms. The van der Waals surface area contributed by atoms with Crippen LogP contribution in [0.15, 0.2) is 58.5 Å². The Morgan fingerprint density at radius 3 is 2.22 bits per heavy atom. The summed E-state index contributed by atoms with van der Waals surface area (Å²) in [6, 6.07) is 9.18. The van der Waals surface area contributed by atoms with Gasteiger partial charge in [-0.1, -0.05) is 17.3 Å². The number of thiophene rings is 2. The Balaban J connectivity index is 1.90. The molecule has 0 spiro atoms. The predicted molar refractivity (Wildman–Crippen MR) is 84.1 cm³/mol. The summed E-state index contributed by atoms with van der Waals surface area (Å²) >= 11 is 2.93. The quantitative estimate of drug-likeness (QED) is 0.485. The van der Waals surface area contributed by atoms with E-state index in [1.54, 1.807) is 0 Å². The number of hydrogen-bond donors (Lipinski definition) is 0. The Morgan fingerprint density at radius 2 is 1.70 bits per heavy atom. The molecule has 3 aromatic heterocycles. The van der Waals surface area contributed by atoms with Gasteiger partial charge in [-0.25, -0.2) is 4.98 Å². The van der Waals surface area contributed by atoms with E-state index in [-0.39, 0.29) is 5.88 Å². The molecule has 0 fully saturated rings. The third-order valence-electron chi connectivity index (χ3n) is 2.80. The zero-order chi connectivity index (χ0) is 16.3. The molecule has 3 aromatic rings. The zero-order valence-electron chi connectivity index (χ0n) is 11.4. The lowest BCUT2D eigenvalue weighted by Crippen LogP contribution is -2.06. The predicted octanol–water partition coefficient (Wildman–Crippen LogP) is 5.05. The highest BCUT2D eigenvalue weighted by Crippen LogP contribution is 2.30. The van der Waals surface area contributed by atoms with Gasteiger partial charge in [-0.15, -0.1) is 22.7 Å². The lowest BCUT2D eigenvalue weighted by atomic mass is 10.2. The summed E-state index contributed by atoms with van der Waals surface area (Å²) in [6.45, 7) is 0. The fourth-order valence-electron chi connectivity index (χ4n) is 1.77. The van der Waals surface area contributed by atoms with Crippen molar-refractivity contribution in [1.82, 2.24) is 4.98 Å². The second kappa shape index (κ2) is 6.51. The number of alkyl halides is 3. The van der Waals surface area contributed by atoms with E-state index in [4.69, 9.17) is 4.84 Å². The third-order valence-corrected chi connectivity index (χ3v) is 4.55. The maximum atomic E-state index is 12.7. The standard InChI is InChI=1S/C15H9F3N2OS2/c16-15(17,18)10-5-6-19-13(9-10)21-20-14(11-3-1-7-22-11)12-4-2-8-23-12/h1-9H. The first-order valence-electron chi connectivity index (χ1n) is 6.40. The summed E-state index contributed by atoms with van der Waals surface area (Å²) in [4.78, 5) is 10.6. The Morgan fingerprint density at radius 1 is 1.04 bits per heavy atom. The molecule has 0 saturated heterocycles. The molecule has 3 heterocycles. The molecular formula is C15H9F3N2OS2. The van der Waals surface area contributed by atoms with Crippen molar-refractivity contribution in [2.75, 3.05) is 0 Å². The van der Waals surface area contributed by atoms with E-state index in [9.17, 15) is 13.2 Å². The van der Waals surface area contributed by atoms with Gasteiger partial charge in [0.05, 0.1) is 15.3 Å². The summed E-state index contributed by atoms with van der Waals surface area (Å²) in [5, 5.41) is 7.79. The number of oxime groups is 1. The van der Waals surface area contributed by atoms with Gasteiger partial charge in [-0.3, -0.25) is 0 Å². The molecule has 0 aromatic carbocycles. The van der Waals surface area contributed by atoms with Crippen molar-refractivity contribution < 1.29 is 18.0 Å². The molecule has 0 N–H and O–H groups in total. The lowest BCUT2D eigenvalue weighted by molar-refractivity contribution is -0.137.